The zero-order chi connectivity index (χ0) is 19.7. The molecule has 1 aliphatic heterocycles. The molecule has 0 radical (unpaired) electrons. The summed E-state index contributed by atoms with van der Waals surface area (Å²) in [6.45, 7) is 1.95. The van der Waals surface area contributed by atoms with Crippen molar-refractivity contribution in [3.63, 3.8) is 0 Å². The molecule has 3 aromatic rings. The maximum Gasteiger partial charge on any atom is 0.261 e. The lowest BCUT2D eigenvalue weighted by molar-refractivity contribution is 0.0631. The van der Waals surface area contributed by atoms with Gasteiger partial charge in [0.05, 0.1) is 30.0 Å². The first kappa shape index (κ1) is 17.7. The molecule has 1 atom stereocenters. The third kappa shape index (κ3) is 3.20. The monoisotopic (exact) mass is 374 g/mol. The second-order valence-corrected chi connectivity index (χ2v) is 6.64. The molecule has 0 bridgehead atoms. The van der Waals surface area contributed by atoms with Gasteiger partial charge in [-0.15, -0.1) is 0 Å². The van der Waals surface area contributed by atoms with Crippen LogP contribution in [0, 0.1) is 0 Å². The minimum absolute atomic E-state index is 0.0614. The van der Waals surface area contributed by atoms with Crippen molar-refractivity contribution in [2.24, 2.45) is 0 Å². The van der Waals surface area contributed by atoms with Crippen LogP contribution >= 0.6 is 0 Å². The Morgan fingerprint density at radius 3 is 2.46 bits per heavy atom. The van der Waals surface area contributed by atoms with E-state index >= 15 is 0 Å². The van der Waals surface area contributed by atoms with Crippen LogP contribution in [0.1, 0.15) is 55.4 Å². The van der Waals surface area contributed by atoms with Crippen LogP contribution in [-0.2, 0) is 6.54 Å². The summed E-state index contributed by atoms with van der Waals surface area (Å²) in [5.41, 5.74) is 1.84. The first-order chi connectivity index (χ1) is 13.5. The van der Waals surface area contributed by atoms with Crippen molar-refractivity contribution in [2.45, 2.75) is 19.5 Å². The number of hydrogen-bond donors (Lipinski definition) is 1. The quantitative estimate of drug-likeness (QED) is 0.693. The summed E-state index contributed by atoms with van der Waals surface area (Å²) in [5, 5.41) is 2.91. The topological polar surface area (TPSA) is 79.6 Å². The van der Waals surface area contributed by atoms with Gasteiger partial charge in [0, 0.05) is 5.56 Å². The van der Waals surface area contributed by atoms with Crippen molar-refractivity contribution >= 4 is 17.7 Å². The van der Waals surface area contributed by atoms with E-state index < -0.39 is 5.91 Å². The number of nitrogens with zero attached hydrogens (tertiary/aromatic N) is 1. The third-order valence-corrected chi connectivity index (χ3v) is 4.77. The fourth-order valence-electron chi connectivity index (χ4n) is 3.24. The van der Waals surface area contributed by atoms with Gasteiger partial charge in [-0.25, -0.2) is 0 Å². The number of amides is 3. The maximum atomic E-state index is 12.7. The predicted molar refractivity (Wildman–Crippen MR) is 102 cm³/mol. The molecule has 2 heterocycles. The average molecular weight is 374 g/mol. The highest BCUT2D eigenvalue weighted by Crippen LogP contribution is 2.26. The number of imide groups is 1. The van der Waals surface area contributed by atoms with E-state index in [-0.39, 0.29) is 30.0 Å². The second kappa shape index (κ2) is 7.15. The van der Waals surface area contributed by atoms with Gasteiger partial charge in [-0.2, -0.15) is 0 Å². The lowest BCUT2D eigenvalue weighted by Gasteiger charge is -2.14. The van der Waals surface area contributed by atoms with Gasteiger partial charge in [0.25, 0.3) is 17.7 Å². The molecule has 140 valence electrons. The van der Waals surface area contributed by atoms with Crippen LogP contribution in [0.3, 0.4) is 0 Å². The molecule has 6 heteroatoms. The molecular weight excluding hydrogens is 356 g/mol. The molecule has 0 aliphatic carbocycles. The maximum absolute atomic E-state index is 12.7. The Balaban J connectivity index is 1.53. The molecule has 28 heavy (non-hydrogen) atoms. The third-order valence-electron chi connectivity index (χ3n) is 4.77. The number of rotatable bonds is 5. The second-order valence-electron chi connectivity index (χ2n) is 6.64. The summed E-state index contributed by atoms with van der Waals surface area (Å²) in [6.07, 6.45) is 1.49. The van der Waals surface area contributed by atoms with Crippen LogP contribution in [0.4, 0.5) is 0 Å². The highest BCUT2D eigenvalue weighted by Gasteiger charge is 2.36. The van der Waals surface area contributed by atoms with Crippen LogP contribution in [-0.4, -0.2) is 22.6 Å². The molecule has 2 aromatic carbocycles. The fraction of sp³-hybridized carbons (Fsp3) is 0.136. The Morgan fingerprint density at radius 1 is 1.00 bits per heavy atom. The average Bonchev–Trinajstić information content (AvgIpc) is 3.31. The minimum Gasteiger partial charge on any atom is -0.467 e. The summed E-state index contributed by atoms with van der Waals surface area (Å²) in [5.74, 6) is -0.601. The van der Waals surface area contributed by atoms with Crippen molar-refractivity contribution in [2.75, 3.05) is 0 Å². The van der Waals surface area contributed by atoms with Crippen LogP contribution in [0.15, 0.2) is 71.3 Å². The van der Waals surface area contributed by atoms with E-state index in [1.54, 1.807) is 18.2 Å². The molecule has 0 saturated carbocycles. The van der Waals surface area contributed by atoms with Gasteiger partial charge in [-0.05, 0) is 42.8 Å². The number of carbonyl (C=O) groups excluding carboxylic acids is 3. The van der Waals surface area contributed by atoms with Gasteiger partial charge in [0.2, 0.25) is 0 Å². The normalized spacial score (nSPS) is 14.1. The zero-order valence-corrected chi connectivity index (χ0v) is 15.2. The van der Waals surface area contributed by atoms with E-state index in [9.17, 15) is 14.4 Å². The highest BCUT2D eigenvalue weighted by atomic mass is 16.3. The van der Waals surface area contributed by atoms with Crippen molar-refractivity contribution < 1.29 is 18.8 Å². The number of furan rings is 1. The summed E-state index contributed by atoms with van der Waals surface area (Å²) in [7, 11) is 0. The van der Waals surface area contributed by atoms with E-state index in [0.717, 1.165) is 10.5 Å². The van der Waals surface area contributed by atoms with Crippen LogP contribution in [0.5, 0.6) is 0 Å². The van der Waals surface area contributed by atoms with Gasteiger partial charge in [-0.1, -0.05) is 30.3 Å². The smallest absolute Gasteiger partial charge is 0.261 e. The van der Waals surface area contributed by atoms with Gasteiger partial charge in [-0.3, -0.25) is 19.3 Å². The number of benzene rings is 2. The highest BCUT2D eigenvalue weighted by molar-refractivity contribution is 6.22. The molecule has 6 nitrogen and oxygen atoms in total. The Bertz CT molecular complexity index is 1040. The van der Waals surface area contributed by atoms with Crippen LogP contribution in [0.2, 0.25) is 0 Å². The van der Waals surface area contributed by atoms with Gasteiger partial charge in [0.15, 0.2) is 0 Å². The van der Waals surface area contributed by atoms with Gasteiger partial charge in [0.1, 0.15) is 5.76 Å². The van der Waals surface area contributed by atoms with E-state index in [2.05, 4.69) is 5.32 Å². The predicted octanol–water partition coefficient (Wildman–Crippen LogP) is 3.57. The fourth-order valence-corrected chi connectivity index (χ4v) is 3.24. The number of nitrogens with one attached hydrogen (secondary N) is 1. The van der Waals surface area contributed by atoms with Crippen LogP contribution < -0.4 is 5.32 Å². The molecule has 0 spiro atoms. The van der Waals surface area contributed by atoms with E-state index in [1.165, 1.54) is 18.4 Å². The molecule has 1 aromatic heterocycles. The molecule has 1 N–H and O–H groups in total. The number of carbonyl (C=O) groups is 3. The van der Waals surface area contributed by atoms with Crippen molar-refractivity contribution in [3.05, 3.63) is 94.9 Å². The molecule has 3 amide bonds. The van der Waals surface area contributed by atoms with Crippen molar-refractivity contribution in [3.8, 4) is 0 Å². The molecular formula is C22H18N2O4. The summed E-state index contributed by atoms with van der Waals surface area (Å²) < 4.78 is 5.23. The largest absolute Gasteiger partial charge is 0.467 e. The number of fused-ring (bicyclic) bond motifs is 1. The summed E-state index contributed by atoms with van der Waals surface area (Å²) in [4.78, 5) is 39.0. The lowest BCUT2D eigenvalue weighted by atomic mass is 10.0. The van der Waals surface area contributed by atoms with E-state index in [4.69, 9.17) is 4.42 Å². The lowest BCUT2D eigenvalue weighted by Crippen LogP contribution is -2.29. The van der Waals surface area contributed by atoms with Gasteiger partial charge < -0.3 is 9.73 Å². The Morgan fingerprint density at radius 2 is 1.75 bits per heavy atom. The summed E-state index contributed by atoms with van der Waals surface area (Å²) >= 11 is 0. The van der Waals surface area contributed by atoms with Crippen molar-refractivity contribution in [1.82, 2.24) is 10.2 Å². The standard InChI is InChI=1S/C22H18N2O4/c1-14(15-6-3-2-4-7-15)23-20(25)16-9-10-18-19(12-16)22(27)24(21(18)26)13-17-8-5-11-28-17/h2-12,14H,13H2,1H3,(H,23,25). The first-order valence-corrected chi connectivity index (χ1v) is 8.93. The van der Waals surface area contributed by atoms with Crippen LogP contribution in [0.25, 0.3) is 0 Å². The SMILES string of the molecule is CC(NC(=O)c1ccc2c(c1)C(=O)N(Cc1ccco1)C2=O)c1ccccc1. The van der Waals surface area contributed by atoms with Crippen molar-refractivity contribution in [1.29, 1.82) is 0 Å². The Hall–Kier alpha value is -3.67. The summed E-state index contributed by atoms with van der Waals surface area (Å²) in [6, 6.07) is 17.4. The molecule has 1 aliphatic rings. The van der Waals surface area contributed by atoms with E-state index in [1.807, 2.05) is 37.3 Å². The zero-order valence-electron chi connectivity index (χ0n) is 15.2. The van der Waals surface area contributed by atoms with Gasteiger partial charge >= 0.3 is 0 Å². The molecule has 0 saturated heterocycles. The first-order valence-electron chi connectivity index (χ1n) is 8.93. The molecule has 4 rings (SSSR count). The number of hydrogen-bond acceptors (Lipinski definition) is 4. The minimum atomic E-state index is -0.429. The molecule has 0 fully saturated rings. The molecule has 1 unspecified atom stereocenters. The van der Waals surface area contributed by atoms with E-state index in [0.29, 0.717) is 16.9 Å². The Kier molecular flexibility index (Phi) is 4.53. The Labute approximate surface area is 161 Å².